The first-order chi connectivity index (χ1) is 8.00. The van der Waals surface area contributed by atoms with Crippen molar-refractivity contribution in [3.05, 3.63) is 23.8 Å². The molecule has 6 heteroatoms. The predicted octanol–water partition coefficient (Wildman–Crippen LogP) is 0.667. The first kappa shape index (κ1) is 11.3. The molecule has 0 saturated heterocycles. The monoisotopic (exact) mass is 237 g/mol. The maximum Gasteiger partial charge on any atom is 0.335 e. The van der Waals surface area contributed by atoms with Gasteiger partial charge >= 0.3 is 11.9 Å². The van der Waals surface area contributed by atoms with Crippen LogP contribution in [0.1, 0.15) is 10.4 Å². The minimum atomic E-state index is -1.06. The Hall–Kier alpha value is -2.24. The molecule has 1 aromatic rings. The summed E-state index contributed by atoms with van der Waals surface area (Å²) >= 11 is 0. The van der Waals surface area contributed by atoms with Gasteiger partial charge in [0.05, 0.1) is 11.3 Å². The summed E-state index contributed by atoms with van der Waals surface area (Å²) in [6.07, 6.45) is 0. The van der Waals surface area contributed by atoms with E-state index in [0.717, 1.165) is 0 Å². The van der Waals surface area contributed by atoms with E-state index in [4.69, 9.17) is 14.9 Å². The summed E-state index contributed by atoms with van der Waals surface area (Å²) < 4.78 is 5.29. The fourth-order valence-corrected chi connectivity index (χ4v) is 1.73. The van der Waals surface area contributed by atoms with Crippen molar-refractivity contribution in [3.8, 4) is 5.75 Å². The standard InChI is InChI=1S/C11H11NO5/c1-12-7-4-6(10(13)14)2-3-9(7)17-5-8(12)11(15)16/h2-4,8H,5H2,1H3,(H,13,14)(H,15,16). The van der Waals surface area contributed by atoms with Crippen LogP contribution in [0.5, 0.6) is 5.75 Å². The SMILES string of the molecule is CN1c2cc(C(=O)O)ccc2OCC1C(=O)O. The van der Waals surface area contributed by atoms with Crippen LogP contribution in [0.25, 0.3) is 0 Å². The van der Waals surface area contributed by atoms with E-state index in [1.165, 1.54) is 23.1 Å². The highest BCUT2D eigenvalue weighted by Crippen LogP contribution is 2.33. The highest BCUT2D eigenvalue weighted by molar-refractivity contribution is 5.90. The van der Waals surface area contributed by atoms with Crippen LogP contribution in [0.4, 0.5) is 5.69 Å². The van der Waals surface area contributed by atoms with Crippen LogP contribution in [-0.2, 0) is 4.79 Å². The molecule has 0 amide bonds. The zero-order valence-corrected chi connectivity index (χ0v) is 9.08. The molecule has 2 rings (SSSR count). The summed E-state index contributed by atoms with van der Waals surface area (Å²) in [7, 11) is 1.60. The van der Waals surface area contributed by atoms with Crippen molar-refractivity contribution in [1.82, 2.24) is 0 Å². The largest absolute Gasteiger partial charge is 0.489 e. The number of carboxylic acid groups (broad SMARTS) is 2. The number of hydrogen-bond donors (Lipinski definition) is 2. The molecular formula is C11H11NO5. The van der Waals surface area contributed by atoms with Crippen molar-refractivity contribution in [2.24, 2.45) is 0 Å². The number of fused-ring (bicyclic) bond motifs is 1. The van der Waals surface area contributed by atoms with Gasteiger partial charge < -0.3 is 19.8 Å². The van der Waals surface area contributed by atoms with Crippen LogP contribution >= 0.6 is 0 Å². The molecule has 0 fully saturated rings. The van der Waals surface area contributed by atoms with Gasteiger partial charge in [0.1, 0.15) is 12.4 Å². The minimum Gasteiger partial charge on any atom is -0.489 e. The molecule has 1 aliphatic rings. The summed E-state index contributed by atoms with van der Waals surface area (Å²) in [6.45, 7) is 0.0469. The summed E-state index contributed by atoms with van der Waals surface area (Å²) in [4.78, 5) is 23.3. The molecule has 0 bridgehead atoms. The van der Waals surface area contributed by atoms with Crippen LogP contribution in [0.3, 0.4) is 0 Å². The molecule has 0 radical (unpaired) electrons. The zero-order valence-electron chi connectivity index (χ0n) is 9.08. The van der Waals surface area contributed by atoms with E-state index in [9.17, 15) is 9.59 Å². The second kappa shape index (κ2) is 3.97. The second-order valence-electron chi connectivity index (χ2n) is 3.76. The molecule has 1 heterocycles. The fraction of sp³-hybridized carbons (Fsp3) is 0.273. The summed E-state index contributed by atoms with van der Waals surface area (Å²) in [5.74, 6) is -1.56. The number of anilines is 1. The van der Waals surface area contributed by atoms with Gasteiger partial charge in [-0.15, -0.1) is 0 Å². The van der Waals surface area contributed by atoms with E-state index >= 15 is 0 Å². The van der Waals surface area contributed by atoms with Gasteiger partial charge in [-0.05, 0) is 18.2 Å². The molecule has 0 aliphatic carbocycles. The van der Waals surface area contributed by atoms with Crippen LogP contribution < -0.4 is 9.64 Å². The van der Waals surface area contributed by atoms with Crippen molar-refractivity contribution >= 4 is 17.6 Å². The minimum absolute atomic E-state index is 0.0469. The van der Waals surface area contributed by atoms with Crippen molar-refractivity contribution in [2.45, 2.75) is 6.04 Å². The summed E-state index contributed by atoms with van der Waals surface area (Å²) in [5, 5.41) is 17.8. The number of benzene rings is 1. The number of likely N-dealkylation sites (N-methyl/N-ethyl adjacent to an activating group) is 1. The van der Waals surface area contributed by atoms with Crippen molar-refractivity contribution < 1.29 is 24.5 Å². The topological polar surface area (TPSA) is 87.1 Å². The number of rotatable bonds is 2. The van der Waals surface area contributed by atoms with Crippen molar-refractivity contribution in [2.75, 3.05) is 18.6 Å². The molecule has 2 N–H and O–H groups in total. The Balaban J connectivity index is 2.42. The predicted molar refractivity (Wildman–Crippen MR) is 58.7 cm³/mol. The first-order valence-corrected chi connectivity index (χ1v) is 4.96. The lowest BCUT2D eigenvalue weighted by molar-refractivity contribution is -0.139. The molecule has 0 spiro atoms. The number of aromatic carboxylic acids is 1. The Bertz CT molecular complexity index is 485. The Labute approximate surface area is 97.0 Å². The normalized spacial score (nSPS) is 18.2. The fourth-order valence-electron chi connectivity index (χ4n) is 1.73. The number of nitrogens with zero attached hydrogens (tertiary/aromatic N) is 1. The quantitative estimate of drug-likeness (QED) is 0.786. The van der Waals surface area contributed by atoms with Crippen LogP contribution in [-0.4, -0.2) is 41.8 Å². The average molecular weight is 237 g/mol. The Kier molecular flexibility index (Phi) is 2.63. The average Bonchev–Trinajstić information content (AvgIpc) is 2.28. The number of ether oxygens (including phenoxy) is 1. The smallest absolute Gasteiger partial charge is 0.335 e. The lowest BCUT2D eigenvalue weighted by Crippen LogP contribution is -2.46. The first-order valence-electron chi connectivity index (χ1n) is 4.96. The third-order valence-electron chi connectivity index (χ3n) is 2.74. The van der Waals surface area contributed by atoms with Gasteiger partial charge in [-0.25, -0.2) is 9.59 Å². The van der Waals surface area contributed by atoms with Gasteiger partial charge in [-0.3, -0.25) is 0 Å². The van der Waals surface area contributed by atoms with Gasteiger partial charge in [-0.2, -0.15) is 0 Å². The maximum absolute atomic E-state index is 11.0. The molecule has 0 saturated carbocycles. The van der Waals surface area contributed by atoms with Crippen molar-refractivity contribution in [1.29, 1.82) is 0 Å². The molecular weight excluding hydrogens is 226 g/mol. The summed E-state index contributed by atoms with van der Waals surface area (Å²) in [5.41, 5.74) is 0.578. The third-order valence-corrected chi connectivity index (χ3v) is 2.74. The zero-order chi connectivity index (χ0) is 12.6. The number of carboxylic acids is 2. The van der Waals surface area contributed by atoms with Crippen LogP contribution in [0.15, 0.2) is 18.2 Å². The van der Waals surface area contributed by atoms with Gasteiger partial charge in [0, 0.05) is 7.05 Å². The number of carbonyl (C=O) groups is 2. The molecule has 17 heavy (non-hydrogen) atoms. The van der Waals surface area contributed by atoms with E-state index in [0.29, 0.717) is 11.4 Å². The lowest BCUT2D eigenvalue weighted by Gasteiger charge is -2.33. The Morgan fingerprint density at radius 3 is 2.71 bits per heavy atom. The molecule has 1 aliphatic heterocycles. The molecule has 90 valence electrons. The van der Waals surface area contributed by atoms with E-state index in [-0.39, 0.29) is 12.2 Å². The summed E-state index contributed by atoms with van der Waals surface area (Å²) in [6, 6.07) is 3.57. The molecule has 6 nitrogen and oxygen atoms in total. The number of hydrogen-bond acceptors (Lipinski definition) is 4. The van der Waals surface area contributed by atoms with Crippen LogP contribution in [0.2, 0.25) is 0 Å². The van der Waals surface area contributed by atoms with E-state index in [1.807, 2.05) is 0 Å². The van der Waals surface area contributed by atoms with E-state index < -0.39 is 18.0 Å². The molecule has 0 aromatic heterocycles. The van der Waals surface area contributed by atoms with Gasteiger partial charge in [-0.1, -0.05) is 0 Å². The van der Waals surface area contributed by atoms with Gasteiger partial charge in [0.2, 0.25) is 0 Å². The molecule has 1 aromatic carbocycles. The molecule has 1 atom stereocenters. The van der Waals surface area contributed by atoms with Crippen molar-refractivity contribution in [3.63, 3.8) is 0 Å². The van der Waals surface area contributed by atoms with Gasteiger partial charge in [0.25, 0.3) is 0 Å². The lowest BCUT2D eigenvalue weighted by atomic mass is 10.1. The second-order valence-corrected chi connectivity index (χ2v) is 3.76. The maximum atomic E-state index is 11.0. The van der Waals surface area contributed by atoms with E-state index in [1.54, 1.807) is 7.05 Å². The third kappa shape index (κ3) is 1.89. The highest BCUT2D eigenvalue weighted by Gasteiger charge is 2.30. The molecule has 1 unspecified atom stereocenters. The van der Waals surface area contributed by atoms with Crippen LogP contribution in [0, 0.1) is 0 Å². The number of aliphatic carboxylic acids is 1. The Morgan fingerprint density at radius 1 is 1.41 bits per heavy atom. The highest BCUT2D eigenvalue weighted by atomic mass is 16.5. The van der Waals surface area contributed by atoms with E-state index in [2.05, 4.69) is 0 Å². The van der Waals surface area contributed by atoms with Gasteiger partial charge in [0.15, 0.2) is 6.04 Å². The Morgan fingerprint density at radius 2 is 2.12 bits per heavy atom.